The average Bonchev–Trinajstić information content (AvgIpc) is 2.79. The zero-order chi connectivity index (χ0) is 27.7. The molecule has 0 heterocycles. The molecule has 7 heteroatoms. The van der Waals surface area contributed by atoms with E-state index in [2.05, 4.69) is 86.7 Å². The van der Waals surface area contributed by atoms with Gasteiger partial charge in [-0.15, -0.1) is 0 Å². The topological polar surface area (TPSA) is 46.2 Å². The number of rotatable bonds is 28. The Kier molecular flexibility index (Phi) is 28.4. The van der Waals surface area contributed by atoms with E-state index in [1.54, 1.807) is 0 Å². The van der Waals surface area contributed by atoms with E-state index in [0.717, 1.165) is 83.6 Å². The molecule has 0 bridgehead atoms. The Morgan fingerprint density at radius 3 is 1.14 bits per heavy atom. The molecule has 0 saturated carbocycles. The molecule has 224 valence electrons. The average molecular weight is 755 g/mol. The molecule has 6 unspecified atom stereocenters. The van der Waals surface area contributed by atoms with Crippen molar-refractivity contribution in [2.45, 2.75) is 114 Å². The van der Waals surface area contributed by atoms with Crippen LogP contribution in [-0.4, -0.2) is 61.1 Å². The van der Waals surface area contributed by atoms with Gasteiger partial charge < -0.3 is 23.7 Å². The summed E-state index contributed by atoms with van der Waals surface area (Å²) in [6, 6.07) is 0. The molecule has 0 amide bonds. The fraction of sp³-hybridized carbons (Fsp3) is 1.00. The van der Waals surface area contributed by atoms with E-state index < -0.39 is 0 Å². The molecule has 0 aromatic heterocycles. The van der Waals surface area contributed by atoms with Crippen LogP contribution >= 0.6 is 45.2 Å². The number of ether oxygens (including phenoxy) is 5. The van der Waals surface area contributed by atoms with Crippen LogP contribution in [0.5, 0.6) is 0 Å². The predicted octanol–water partition coefficient (Wildman–Crippen LogP) is 9.08. The van der Waals surface area contributed by atoms with Crippen LogP contribution in [0.2, 0.25) is 0 Å². The number of halogens is 2. The quantitative estimate of drug-likeness (QED) is 0.0346. The van der Waals surface area contributed by atoms with Gasteiger partial charge in [0.1, 0.15) is 13.6 Å². The van der Waals surface area contributed by atoms with Crippen LogP contribution in [0.1, 0.15) is 106 Å². The monoisotopic (exact) mass is 754 g/mol. The van der Waals surface area contributed by atoms with Gasteiger partial charge in [-0.05, 0) is 87.9 Å². The molecule has 0 aliphatic rings. The molecule has 0 aliphatic carbocycles. The summed E-state index contributed by atoms with van der Waals surface area (Å²) >= 11 is 5.06. The van der Waals surface area contributed by atoms with E-state index in [0.29, 0.717) is 13.2 Å². The van der Waals surface area contributed by atoms with E-state index in [4.69, 9.17) is 23.7 Å². The van der Waals surface area contributed by atoms with Crippen LogP contribution in [0, 0.1) is 23.7 Å². The maximum Gasteiger partial charge on any atom is 0.149 e. The fourth-order valence-corrected chi connectivity index (χ4v) is 6.71. The lowest BCUT2D eigenvalue weighted by atomic mass is 9.91. The second kappa shape index (κ2) is 27.4. The molecule has 0 saturated heterocycles. The normalized spacial score (nSPS) is 16.9. The third kappa shape index (κ3) is 30.1. The Morgan fingerprint density at radius 2 is 0.757 bits per heavy atom. The molecule has 0 rings (SSSR count). The zero-order valence-corrected chi connectivity index (χ0v) is 29.3. The lowest BCUT2D eigenvalue weighted by Gasteiger charge is -2.18. The first kappa shape index (κ1) is 38.3. The summed E-state index contributed by atoms with van der Waals surface area (Å²) in [5.41, 5.74) is 0. The standard InChI is InChI=1S/C30H60I2O5/c1-25(19-27(3)21-29(5)31)11-7-13-33-15-9-17-35-23-37-24-36-18-10-16-34-14-8-12-26(2)20-28(4)22-30(6)32/h25-30H,7-24H2,1-6H3. The van der Waals surface area contributed by atoms with Gasteiger partial charge >= 0.3 is 0 Å². The molecule has 0 aromatic rings. The van der Waals surface area contributed by atoms with Gasteiger partial charge in [-0.1, -0.05) is 86.7 Å². The second-order valence-corrected chi connectivity index (χ2v) is 15.7. The number of alkyl halides is 2. The van der Waals surface area contributed by atoms with Gasteiger partial charge in [0.2, 0.25) is 0 Å². The third-order valence-electron chi connectivity index (χ3n) is 6.52. The van der Waals surface area contributed by atoms with Crippen LogP contribution in [0.25, 0.3) is 0 Å². The molecule has 0 aliphatic heterocycles. The highest BCUT2D eigenvalue weighted by molar-refractivity contribution is 14.1. The van der Waals surface area contributed by atoms with Crippen LogP contribution < -0.4 is 0 Å². The van der Waals surface area contributed by atoms with Crippen molar-refractivity contribution in [3.63, 3.8) is 0 Å². The van der Waals surface area contributed by atoms with Crippen LogP contribution in [0.15, 0.2) is 0 Å². The van der Waals surface area contributed by atoms with Crippen molar-refractivity contribution in [2.75, 3.05) is 53.2 Å². The smallest absolute Gasteiger partial charge is 0.149 e. The lowest BCUT2D eigenvalue weighted by Crippen LogP contribution is -2.10. The molecule has 0 aromatic carbocycles. The van der Waals surface area contributed by atoms with Gasteiger partial charge in [-0.2, -0.15) is 0 Å². The highest BCUT2D eigenvalue weighted by Gasteiger charge is 2.12. The molecule has 37 heavy (non-hydrogen) atoms. The highest BCUT2D eigenvalue weighted by atomic mass is 127. The highest BCUT2D eigenvalue weighted by Crippen LogP contribution is 2.23. The number of hydrogen-bond acceptors (Lipinski definition) is 5. The summed E-state index contributed by atoms with van der Waals surface area (Å²) in [6.07, 6.45) is 11.9. The molecular weight excluding hydrogens is 694 g/mol. The van der Waals surface area contributed by atoms with Crippen LogP contribution in [0.4, 0.5) is 0 Å². The van der Waals surface area contributed by atoms with E-state index in [-0.39, 0.29) is 13.6 Å². The Balaban J connectivity index is 3.26. The van der Waals surface area contributed by atoms with Crippen molar-refractivity contribution in [1.82, 2.24) is 0 Å². The summed E-state index contributed by atoms with van der Waals surface area (Å²) in [5, 5.41) is 0. The molecule has 0 radical (unpaired) electrons. The Hall–Kier alpha value is 1.26. The largest absolute Gasteiger partial charge is 0.381 e. The predicted molar refractivity (Wildman–Crippen MR) is 174 cm³/mol. The summed E-state index contributed by atoms with van der Waals surface area (Å²) in [6.45, 7) is 19.2. The lowest BCUT2D eigenvalue weighted by molar-refractivity contribution is -0.133. The van der Waals surface area contributed by atoms with Gasteiger partial charge in [-0.25, -0.2) is 0 Å². The van der Waals surface area contributed by atoms with Crippen molar-refractivity contribution in [2.24, 2.45) is 23.7 Å². The van der Waals surface area contributed by atoms with Gasteiger partial charge in [0.15, 0.2) is 0 Å². The van der Waals surface area contributed by atoms with Crippen molar-refractivity contribution in [3.05, 3.63) is 0 Å². The summed E-state index contributed by atoms with van der Waals surface area (Å²) in [4.78, 5) is 0. The van der Waals surface area contributed by atoms with E-state index in [1.807, 2.05) is 0 Å². The van der Waals surface area contributed by atoms with E-state index in [1.165, 1.54) is 38.5 Å². The van der Waals surface area contributed by atoms with E-state index in [9.17, 15) is 0 Å². The SMILES string of the molecule is CC(I)CC(C)CC(C)CCCOCCCOCOCOCCCOCCCC(C)CC(C)CC(C)I. The first-order valence-electron chi connectivity index (χ1n) is 14.9. The van der Waals surface area contributed by atoms with Crippen molar-refractivity contribution < 1.29 is 23.7 Å². The third-order valence-corrected chi connectivity index (χ3v) is 7.54. The maximum absolute atomic E-state index is 5.74. The van der Waals surface area contributed by atoms with Crippen molar-refractivity contribution >= 4 is 45.2 Å². The zero-order valence-electron chi connectivity index (χ0n) is 25.0. The minimum atomic E-state index is 0.273. The molecule has 0 fully saturated rings. The maximum atomic E-state index is 5.74. The van der Waals surface area contributed by atoms with Crippen molar-refractivity contribution in [3.8, 4) is 0 Å². The van der Waals surface area contributed by atoms with Gasteiger partial charge in [0.05, 0.1) is 13.2 Å². The van der Waals surface area contributed by atoms with E-state index >= 15 is 0 Å². The molecule has 6 atom stereocenters. The Labute approximate surface area is 257 Å². The Bertz CT molecular complexity index is 427. The molecule has 0 N–H and O–H groups in total. The van der Waals surface area contributed by atoms with Crippen LogP contribution in [0.3, 0.4) is 0 Å². The minimum absolute atomic E-state index is 0.273. The van der Waals surface area contributed by atoms with Gasteiger partial charge in [0.25, 0.3) is 0 Å². The minimum Gasteiger partial charge on any atom is -0.381 e. The summed E-state index contributed by atoms with van der Waals surface area (Å²) < 4.78 is 29.3. The second-order valence-electron chi connectivity index (χ2n) is 11.4. The molecule has 0 spiro atoms. The molecule has 5 nitrogen and oxygen atoms in total. The number of hydrogen-bond donors (Lipinski definition) is 0. The van der Waals surface area contributed by atoms with Gasteiger partial charge in [0, 0.05) is 34.3 Å². The summed E-state index contributed by atoms with van der Waals surface area (Å²) in [5.74, 6) is 3.22. The first-order valence-corrected chi connectivity index (χ1v) is 17.4. The van der Waals surface area contributed by atoms with Crippen LogP contribution in [-0.2, 0) is 23.7 Å². The fourth-order valence-electron chi connectivity index (χ4n) is 4.98. The van der Waals surface area contributed by atoms with Gasteiger partial charge in [-0.3, -0.25) is 0 Å². The first-order chi connectivity index (χ1) is 17.7. The summed E-state index contributed by atoms with van der Waals surface area (Å²) in [7, 11) is 0. The van der Waals surface area contributed by atoms with Crippen molar-refractivity contribution in [1.29, 1.82) is 0 Å². The molecular formula is C30H60I2O5. The Morgan fingerprint density at radius 1 is 0.405 bits per heavy atom.